The van der Waals surface area contributed by atoms with Crippen LogP contribution in [0.4, 0.5) is 5.69 Å². The monoisotopic (exact) mass is 487 g/mol. The number of hydrogen-bond donors (Lipinski definition) is 0. The Hall–Kier alpha value is -4.20. The van der Waals surface area contributed by atoms with E-state index in [0.717, 1.165) is 41.1 Å². The summed E-state index contributed by atoms with van der Waals surface area (Å²) in [6, 6.07) is 12.9. The van der Waals surface area contributed by atoms with Crippen molar-refractivity contribution in [2.75, 3.05) is 25.7 Å². The highest BCUT2D eigenvalue weighted by molar-refractivity contribution is 6.36. The van der Waals surface area contributed by atoms with E-state index in [1.807, 2.05) is 43.3 Å². The first-order valence-corrected chi connectivity index (χ1v) is 11.8. The Morgan fingerprint density at radius 3 is 2.47 bits per heavy atom. The van der Waals surface area contributed by atoms with E-state index in [0.29, 0.717) is 23.4 Å². The molecule has 0 unspecified atom stereocenters. The number of fused-ring (bicyclic) bond motifs is 1. The first-order valence-electron chi connectivity index (χ1n) is 11.8. The fraction of sp³-hybridized carbons (Fsp3) is 0.286. The lowest BCUT2D eigenvalue weighted by Crippen LogP contribution is -2.32. The molecule has 0 saturated heterocycles. The van der Waals surface area contributed by atoms with Crippen LogP contribution in [0.1, 0.15) is 51.9 Å². The number of carbonyl (C=O) groups excluding carboxylic acids is 3. The van der Waals surface area contributed by atoms with Crippen molar-refractivity contribution in [3.05, 3.63) is 82.4 Å². The number of imidazole rings is 1. The van der Waals surface area contributed by atoms with Gasteiger partial charge < -0.3 is 14.0 Å². The Bertz CT molecular complexity index is 1340. The van der Waals surface area contributed by atoms with Crippen LogP contribution < -0.4 is 4.90 Å². The summed E-state index contributed by atoms with van der Waals surface area (Å²) >= 11 is 0. The zero-order valence-corrected chi connectivity index (χ0v) is 20.9. The molecule has 0 N–H and O–H groups in total. The zero-order chi connectivity index (χ0) is 25.8. The number of esters is 2. The van der Waals surface area contributed by atoms with Crippen molar-refractivity contribution in [1.82, 2.24) is 9.55 Å². The summed E-state index contributed by atoms with van der Waals surface area (Å²) in [6.45, 7) is 4.41. The molecule has 1 aliphatic heterocycles. The minimum atomic E-state index is -0.484. The van der Waals surface area contributed by atoms with Crippen molar-refractivity contribution < 1.29 is 23.9 Å². The van der Waals surface area contributed by atoms with Gasteiger partial charge in [-0.15, -0.1) is 0 Å². The highest BCUT2D eigenvalue weighted by Gasteiger charge is 2.35. The van der Waals surface area contributed by atoms with Gasteiger partial charge in [0.05, 0.1) is 42.9 Å². The third kappa shape index (κ3) is 4.79. The Morgan fingerprint density at radius 1 is 1.06 bits per heavy atom. The maximum Gasteiger partial charge on any atom is 0.337 e. The third-order valence-corrected chi connectivity index (χ3v) is 6.25. The first-order chi connectivity index (χ1) is 17.4. The van der Waals surface area contributed by atoms with Crippen LogP contribution in [0.15, 0.2) is 48.7 Å². The van der Waals surface area contributed by atoms with E-state index >= 15 is 0 Å². The van der Waals surface area contributed by atoms with Crippen molar-refractivity contribution in [3.8, 4) is 0 Å². The average molecular weight is 488 g/mol. The van der Waals surface area contributed by atoms with E-state index in [4.69, 9.17) is 9.47 Å². The number of aromatic nitrogens is 2. The van der Waals surface area contributed by atoms with Crippen molar-refractivity contribution in [3.63, 3.8) is 0 Å². The van der Waals surface area contributed by atoms with Gasteiger partial charge in [0.2, 0.25) is 0 Å². The van der Waals surface area contributed by atoms with Crippen LogP contribution >= 0.6 is 0 Å². The van der Waals surface area contributed by atoms with Crippen molar-refractivity contribution in [2.24, 2.45) is 0 Å². The maximum absolute atomic E-state index is 13.5. The van der Waals surface area contributed by atoms with Crippen LogP contribution in [-0.2, 0) is 32.0 Å². The van der Waals surface area contributed by atoms with Crippen LogP contribution in [0.2, 0.25) is 0 Å². The summed E-state index contributed by atoms with van der Waals surface area (Å²) < 4.78 is 11.7. The molecule has 1 aliphatic rings. The van der Waals surface area contributed by atoms with Gasteiger partial charge in [-0.2, -0.15) is 0 Å². The molecule has 0 saturated carbocycles. The van der Waals surface area contributed by atoms with Crippen molar-refractivity contribution in [1.29, 1.82) is 0 Å². The number of rotatable bonds is 8. The summed E-state index contributed by atoms with van der Waals surface area (Å²) in [7, 11) is 2.66. The van der Waals surface area contributed by atoms with E-state index in [9.17, 15) is 14.4 Å². The number of ether oxygens (including phenoxy) is 2. The maximum atomic E-state index is 13.5. The number of benzene rings is 2. The summed E-state index contributed by atoms with van der Waals surface area (Å²) in [4.78, 5) is 43.4. The highest BCUT2D eigenvalue weighted by atomic mass is 16.5. The van der Waals surface area contributed by atoms with Crippen LogP contribution in [0.3, 0.4) is 0 Å². The molecule has 0 atom stereocenters. The Labute approximate surface area is 210 Å². The molecule has 0 aliphatic carbocycles. The normalized spacial score (nSPS) is 13.7. The van der Waals surface area contributed by atoms with Crippen LogP contribution in [0, 0.1) is 6.92 Å². The van der Waals surface area contributed by atoms with Gasteiger partial charge in [-0.1, -0.05) is 31.2 Å². The molecule has 8 nitrogen and oxygen atoms in total. The van der Waals surface area contributed by atoms with E-state index in [1.54, 1.807) is 18.3 Å². The SMILES string of the molecule is CCCc1ncc(/C=C2\C(=O)N(CC(=O)OC)c3cccc(C)c32)n1Cc1ccc(C(=O)OC)cc1. The van der Waals surface area contributed by atoms with Crippen molar-refractivity contribution >= 4 is 35.2 Å². The number of amides is 1. The van der Waals surface area contributed by atoms with E-state index in [-0.39, 0.29) is 18.4 Å². The lowest BCUT2D eigenvalue weighted by Gasteiger charge is -2.15. The van der Waals surface area contributed by atoms with Gasteiger partial charge in [-0.3, -0.25) is 14.5 Å². The predicted octanol–water partition coefficient (Wildman–Crippen LogP) is 4.04. The molecular weight excluding hydrogens is 458 g/mol. The van der Waals surface area contributed by atoms with Gasteiger partial charge in [0, 0.05) is 18.5 Å². The van der Waals surface area contributed by atoms with Gasteiger partial charge >= 0.3 is 11.9 Å². The molecule has 186 valence electrons. The van der Waals surface area contributed by atoms with E-state index in [1.165, 1.54) is 19.1 Å². The Morgan fingerprint density at radius 2 is 1.81 bits per heavy atom. The lowest BCUT2D eigenvalue weighted by atomic mass is 10.0. The van der Waals surface area contributed by atoms with Gasteiger partial charge in [0.1, 0.15) is 12.4 Å². The molecule has 36 heavy (non-hydrogen) atoms. The molecule has 1 amide bonds. The van der Waals surface area contributed by atoms with E-state index in [2.05, 4.69) is 16.5 Å². The molecular formula is C28H29N3O5. The molecule has 2 heterocycles. The number of anilines is 1. The molecule has 4 rings (SSSR count). The number of nitrogens with zero attached hydrogens (tertiary/aromatic N) is 3. The molecule has 2 aromatic carbocycles. The number of hydrogen-bond acceptors (Lipinski definition) is 6. The number of methoxy groups -OCH3 is 2. The molecule has 0 fully saturated rings. The topological polar surface area (TPSA) is 90.7 Å². The summed E-state index contributed by atoms with van der Waals surface area (Å²) in [5.41, 5.74) is 5.20. The molecule has 8 heteroatoms. The zero-order valence-electron chi connectivity index (χ0n) is 20.9. The van der Waals surface area contributed by atoms with Crippen LogP contribution in [0.25, 0.3) is 11.6 Å². The van der Waals surface area contributed by atoms with Gasteiger partial charge in [-0.05, 0) is 48.7 Å². The highest BCUT2D eigenvalue weighted by Crippen LogP contribution is 2.39. The number of aryl methyl sites for hydroxylation is 2. The second kappa shape index (κ2) is 10.6. The minimum absolute atomic E-state index is 0.157. The lowest BCUT2D eigenvalue weighted by molar-refractivity contribution is -0.139. The summed E-state index contributed by atoms with van der Waals surface area (Å²) in [5, 5.41) is 0. The molecule has 1 aromatic heterocycles. The Kier molecular flexibility index (Phi) is 7.33. The largest absolute Gasteiger partial charge is 0.468 e. The second-order valence-corrected chi connectivity index (χ2v) is 8.62. The van der Waals surface area contributed by atoms with Gasteiger partial charge in [-0.25, -0.2) is 9.78 Å². The van der Waals surface area contributed by atoms with Crippen molar-refractivity contribution in [2.45, 2.75) is 33.2 Å². The fourth-order valence-corrected chi connectivity index (χ4v) is 4.42. The van der Waals surface area contributed by atoms with Crippen LogP contribution in [0.5, 0.6) is 0 Å². The molecule has 0 spiro atoms. The van der Waals surface area contributed by atoms with Gasteiger partial charge in [0.25, 0.3) is 5.91 Å². The van der Waals surface area contributed by atoms with E-state index < -0.39 is 5.97 Å². The van der Waals surface area contributed by atoms with Crippen LogP contribution in [-0.4, -0.2) is 48.2 Å². The Balaban J connectivity index is 1.75. The summed E-state index contributed by atoms with van der Waals surface area (Å²) in [6.07, 6.45) is 5.32. The smallest absolute Gasteiger partial charge is 0.337 e. The third-order valence-electron chi connectivity index (χ3n) is 6.25. The molecule has 0 bridgehead atoms. The van der Waals surface area contributed by atoms with Gasteiger partial charge in [0.15, 0.2) is 0 Å². The average Bonchev–Trinajstić information content (AvgIpc) is 3.38. The molecule has 0 radical (unpaired) electrons. The fourth-order valence-electron chi connectivity index (χ4n) is 4.42. The second-order valence-electron chi connectivity index (χ2n) is 8.62. The predicted molar refractivity (Wildman–Crippen MR) is 137 cm³/mol. The standard InChI is InChI=1S/C28H29N3O5/c1-5-7-24-29-15-21(30(24)16-19-10-12-20(13-11-19)28(34)36-4)14-22-26-18(2)8-6-9-23(26)31(27(22)33)17-25(32)35-3/h6,8-15H,5,7,16-17H2,1-4H3/b22-14-. The first kappa shape index (κ1) is 24.9. The quantitative estimate of drug-likeness (QED) is 0.352. The minimum Gasteiger partial charge on any atom is -0.468 e. The molecule has 3 aromatic rings. The number of carbonyl (C=O) groups is 3. The summed E-state index contributed by atoms with van der Waals surface area (Å²) in [5.74, 6) is -0.213.